The highest BCUT2D eigenvalue weighted by molar-refractivity contribution is 5.91. The number of amides is 3. The van der Waals surface area contributed by atoms with Crippen LogP contribution >= 0.6 is 0 Å². The summed E-state index contributed by atoms with van der Waals surface area (Å²) in [4.78, 5) is 50.0. The lowest BCUT2D eigenvalue weighted by atomic mass is 9.96. The Morgan fingerprint density at radius 2 is 1.86 bits per heavy atom. The van der Waals surface area contributed by atoms with Gasteiger partial charge >= 0.3 is 6.18 Å². The molecule has 2 saturated heterocycles. The third kappa shape index (κ3) is 6.92. The van der Waals surface area contributed by atoms with E-state index in [4.69, 9.17) is 5.73 Å². The van der Waals surface area contributed by atoms with Crippen LogP contribution in [0.15, 0.2) is 48.8 Å². The summed E-state index contributed by atoms with van der Waals surface area (Å²) in [6.07, 6.45) is 1.98. The molecule has 4 N–H and O–H groups in total. The van der Waals surface area contributed by atoms with E-state index in [0.717, 1.165) is 54.7 Å². The molecule has 0 radical (unpaired) electrons. The molecule has 0 saturated carbocycles. The van der Waals surface area contributed by atoms with E-state index < -0.39 is 29.7 Å². The minimum absolute atomic E-state index is 0.0276. The maximum absolute atomic E-state index is 13.5. The SMILES string of the molecule is NC(CCC(=O)N1CCCC1)C(=O)N1CC(Cc2ccc(C(F)(F)F)cc2)CC1C(=O)NCc1cc2cnccc2[nH]1. The number of benzene rings is 1. The molecule has 224 valence electrons. The van der Waals surface area contributed by atoms with Crippen LogP contribution in [0.4, 0.5) is 13.2 Å². The van der Waals surface area contributed by atoms with Crippen molar-refractivity contribution in [1.82, 2.24) is 25.1 Å². The summed E-state index contributed by atoms with van der Waals surface area (Å²) < 4.78 is 39.0. The van der Waals surface area contributed by atoms with Crippen LogP contribution in [0, 0.1) is 5.92 Å². The van der Waals surface area contributed by atoms with Gasteiger partial charge < -0.3 is 25.8 Å². The average molecular weight is 585 g/mol. The first-order chi connectivity index (χ1) is 20.1. The van der Waals surface area contributed by atoms with Crippen LogP contribution in [0.5, 0.6) is 0 Å². The highest BCUT2D eigenvalue weighted by Crippen LogP contribution is 2.31. The molecule has 42 heavy (non-hydrogen) atoms. The van der Waals surface area contributed by atoms with Gasteiger partial charge in [-0.05, 0) is 67.9 Å². The summed E-state index contributed by atoms with van der Waals surface area (Å²) in [6, 6.07) is 6.94. The minimum atomic E-state index is -4.42. The zero-order chi connectivity index (χ0) is 29.9. The van der Waals surface area contributed by atoms with Crippen LogP contribution in [0.25, 0.3) is 10.9 Å². The van der Waals surface area contributed by atoms with Crippen molar-refractivity contribution in [3.63, 3.8) is 0 Å². The van der Waals surface area contributed by atoms with Crippen LogP contribution in [0.2, 0.25) is 0 Å². The number of aromatic amines is 1. The van der Waals surface area contributed by atoms with Crippen molar-refractivity contribution in [2.24, 2.45) is 11.7 Å². The predicted molar refractivity (Wildman–Crippen MR) is 150 cm³/mol. The van der Waals surface area contributed by atoms with Gasteiger partial charge in [-0.25, -0.2) is 0 Å². The molecule has 5 rings (SSSR count). The summed E-state index contributed by atoms with van der Waals surface area (Å²) in [6.45, 7) is 1.89. The molecule has 3 aromatic rings. The number of rotatable bonds is 9. The van der Waals surface area contributed by atoms with Gasteiger partial charge in [0.25, 0.3) is 0 Å². The molecule has 4 heterocycles. The fraction of sp³-hybridized carbons (Fsp3) is 0.467. The number of fused-ring (bicyclic) bond motifs is 1. The topological polar surface area (TPSA) is 124 Å². The van der Waals surface area contributed by atoms with Gasteiger partial charge in [0, 0.05) is 55.0 Å². The van der Waals surface area contributed by atoms with Crippen molar-refractivity contribution >= 4 is 28.6 Å². The largest absolute Gasteiger partial charge is 0.416 e. The van der Waals surface area contributed by atoms with E-state index in [2.05, 4.69) is 15.3 Å². The lowest BCUT2D eigenvalue weighted by Crippen LogP contribution is -2.51. The molecular formula is C30H35F3N6O3. The van der Waals surface area contributed by atoms with E-state index in [9.17, 15) is 27.6 Å². The lowest BCUT2D eigenvalue weighted by molar-refractivity contribution is -0.140. The number of carbonyl (C=O) groups is 3. The van der Waals surface area contributed by atoms with Gasteiger partial charge in [-0.3, -0.25) is 19.4 Å². The first kappa shape index (κ1) is 29.6. The van der Waals surface area contributed by atoms with Crippen LogP contribution < -0.4 is 11.1 Å². The maximum Gasteiger partial charge on any atom is 0.416 e. The van der Waals surface area contributed by atoms with Crippen molar-refractivity contribution in [3.05, 3.63) is 65.6 Å². The van der Waals surface area contributed by atoms with E-state index >= 15 is 0 Å². The predicted octanol–water partition coefficient (Wildman–Crippen LogP) is 3.39. The second-order valence-corrected chi connectivity index (χ2v) is 11.2. The third-order valence-corrected chi connectivity index (χ3v) is 8.15. The number of nitrogens with two attached hydrogens (primary N) is 1. The second kappa shape index (κ2) is 12.5. The van der Waals surface area contributed by atoms with Crippen LogP contribution in [-0.2, 0) is 33.5 Å². The lowest BCUT2D eigenvalue weighted by Gasteiger charge is -2.27. The number of hydrogen-bond donors (Lipinski definition) is 3. The highest BCUT2D eigenvalue weighted by Gasteiger charge is 2.41. The number of aromatic nitrogens is 2. The number of nitrogens with zero attached hydrogens (tertiary/aromatic N) is 3. The first-order valence-corrected chi connectivity index (χ1v) is 14.3. The summed E-state index contributed by atoms with van der Waals surface area (Å²) >= 11 is 0. The zero-order valence-electron chi connectivity index (χ0n) is 23.2. The van der Waals surface area contributed by atoms with Gasteiger partial charge in [0.1, 0.15) is 6.04 Å². The molecule has 2 aliphatic heterocycles. The Kier molecular flexibility index (Phi) is 8.81. The van der Waals surface area contributed by atoms with Crippen LogP contribution in [-0.4, -0.2) is 69.2 Å². The Bertz CT molecular complexity index is 1380. The highest BCUT2D eigenvalue weighted by atomic mass is 19.4. The number of halogens is 3. The molecule has 0 aliphatic carbocycles. The Labute approximate surface area is 241 Å². The van der Waals surface area contributed by atoms with Gasteiger partial charge in [-0.15, -0.1) is 0 Å². The Hall–Kier alpha value is -3.93. The molecule has 2 fully saturated rings. The van der Waals surface area contributed by atoms with E-state index in [0.29, 0.717) is 18.4 Å². The van der Waals surface area contributed by atoms with Gasteiger partial charge in [-0.1, -0.05) is 12.1 Å². The van der Waals surface area contributed by atoms with E-state index in [1.54, 1.807) is 17.3 Å². The number of pyridine rings is 1. The quantitative estimate of drug-likeness (QED) is 0.356. The number of likely N-dealkylation sites (tertiary alicyclic amines) is 2. The molecular weight excluding hydrogens is 549 g/mol. The summed E-state index contributed by atoms with van der Waals surface area (Å²) in [7, 11) is 0. The normalized spacial score (nSPS) is 19.8. The summed E-state index contributed by atoms with van der Waals surface area (Å²) in [5.41, 5.74) is 7.88. The average Bonchev–Trinajstić information content (AvgIpc) is 3.74. The van der Waals surface area contributed by atoms with Gasteiger partial charge in [0.05, 0.1) is 18.2 Å². The van der Waals surface area contributed by atoms with Crippen molar-refractivity contribution in [2.75, 3.05) is 19.6 Å². The molecule has 0 spiro atoms. The molecule has 3 atom stereocenters. The van der Waals surface area contributed by atoms with Gasteiger partial charge in [0.15, 0.2) is 0 Å². The second-order valence-electron chi connectivity index (χ2n) is 11.2. The fourth-order valence-electron chi connectivity index (χ4n) is 5.89. The summed E-state index contributed by atoms with van der Waals surface area (Å²) in [5.74, 6) is -0.925. The van der Waals surface area contributed by atoms with Crippen LogP contribution in [0.1, 0.15) is 48.9 Å². The summed E-state index contributed by atoms with van der Waals surface area (Å²) in [5, 5.41) is 3.82. The Morgan fingerprint density at radius 1 is 1.12 bits per heavy atom. The standard InChI is InChI=1S/C30H35F3N6O3/c31-30(32,33)22-5-3-19(4-6-22)13-20-14-26(28(41)36-17-23-15-21-16-35-10-9-25(21)37-23)39(18-20)29(42)24(34)7-8-27(40)38-11-1-2-12-38/h3-6,9-10,15-16,20,24,26,37H,1-2,7-8,11-14,17-18,34H2,(H,36,41). The first-order valence-electron chi connectivity index (χ1n) is 14.3. The van der Waals surface area contributed by atoms with E-state index in [1.165, 1.54) is 17.0 Å². The fourth-order valence-corrected chi connectivity index (χ4v) is 5.89. The van der Waals surface area contributed by atoms with Gasteiger partial charge in [-0.2, -0.15) is 13.2 Å². The third-order valence-electron chi connectivity index (χ3n) is 8.15. The molecule has 12 heteroatoms. The maximum atomic E-state index is 13.5. The molecule has 3 amide bonds. The molecule has 2 aromatic heterocycles. The van der Waals surface area contributed by atoms with E-state index in [1.807, 2.05) is 12.1 Å². The number of carbonyl (C=O) groups excluding carboxylic acids is 3. The monoisotopic (exact) mass is 584 g/mol. The molecule has 2 aliphatic rings. The zero-order valence-corrected chi connectivity index (χ0v) is 23.2. The van der Waals surface area contributed by atoms with Crippen molar-refractivity contribution in [1.29, 1.82) is 0 Å². The number of alkyl halides is 3. The molecule has 1 aromatic carbocycles. The number of hydrogen-bond acceptors (Lipinski definition) is 5. The van der Waals surface area contributed by atoms with E-state index in [-0.39, 0.29) is 43.7 Å². The number of H-pyrrole nitrogens is 1. The Balaban J connectivity index is 1.25. The smallest absolute Gasteiger partial charge is 0.357 e. The van der Waals surface area contributed by atoms with Crippen molar-refractivity contribution in [3.8, 4) is 0 Å². The van der Waals surface area contributed by atoms with Gasteiger partial charge in [0.2, 0.25) is 17.7 Å². The van der Waals surface area contributed by atoms with Crippen molar-refractivity contribution < 1.29 is 27.6 Å². The minimum Gasteiger partial charge on any atom is -0.357 e. The van der Waals surface area contributed by atoms with Crippen molar-refractivity contribution in [2.45, 2.75) is 63.3 Å². The Morgan fingerprint density at radius 3 is 2.55 bits per heavy atom. The molecule has 0 bridgehead atoms. The number of nitrogens with one attached hydrogen (secondary N) is 2. The molecule has 9 nitrogen and oxygen atoms in total. The molecule has 3 unspecified atom stereocenters. The van der Waals surface area contributed by atoms with Crippen LogP contribution in [0.3, 0.4) is 0 Å².